The molecule has 0 saturated carbocycles. The fourth-order valence-electron chi connectivity index (χ4n) is 9.92. The van der Waals surface area contributed by atoms with Crippen molar-refractivity contribution < 1.29 is 28.7 Å². The Hall–Kier alpha value is -9.28. The first-order valence-corrected chi connectivity index (χ1v) is 27.4. The Morgan fingerprint density at radius 2 is 0.902 bits per heavy atom. The van der Waals surface area contributed by atoms with E-state index in [4.69, 9.17) is 9.47 Å². The molecule has 0 bridgehead atoms. The Morgan fingerprint density at radius 3 is 1.28 bits per heavy atom. The number of nitrogens with one attached hydrogen (secondary N) is 4. The lowest BCUT2D eigenvalue weighted by Gasteiger charge is -2.32. The van der Waals surface area contributed by atoms with E-state index in [-0.39, 0.29) is 23.5 Å². The van der Waals surface area contributed by atoms with Crippen molar-refractivity contribution in [3.05, 3.63) is 143 Å². The number of carbonyl (C=O) groups excluding carboxylic acids is 4. The Bertz CT molecular complexity index is 3310. The molecular formula is C62H64N14O6. The Kier molecular flexibility index (Phi) is 18.0. The third kappa shape index (κ3) is 14.2. The number of H-pyrrole nitrogens is 2. The molecule has 0 unspecified atom stereocenters. The van der Waals surface area contributed by atoms with Crippen LogP contribution in [0.1, 0.15) is 69.0 Å². The van der Waals surface area contributed by atoms with Crippen LogP contribution in [0.5, 0.6) is 11.5 Å². The number of amides is 4. The number of likely N-dealkylation sites (N-methyl/N-ethyl adjacent to an activating group) is 2. The number of aromatic nitrogens is 6. The van der Waals surface area contributed by atoms with Crippen molar-refractivity contribution >= 4 is 35.0 Å². The molecule has 2 saturated heterocycles. The predicted octanol–water partition coefficient (Wildman–Crippen LogP) is 2.83. The Morgan fingerprint density at radius 1 is 0.537 bits per heavy atom. The molecule has 4 N–H and O–H groups in total. The average Bonchev–Trinajstić information content (AvgIpc) is 4.16. The van der Waals surface area contributed by atoms with Gasteiger partial charge in [0.2, 0.25) is 11.6 Å². The van der Waals surface area contributed by atoms with Gasteiger partial charge in [-0.15, -0.1) is 10.2 Å². The van der Waals surface area contributed by atoms with Gasteiger partial charge >= 0.3 is 0 Å². The highest BCUT2D eigenvalue weighted by Crippen LogP contribution is 2.35. The first-order valence-electron chi connectivity index (χ1n) is 27.4. The first kappa shape index (κ1) is 56.0. The zero-order valence-electron chi connectivity index (χ0n) is 46.4. The number of hydrogen-bond donors (Lipinski definition) is 4. The molecule has 10 rings (SSSR count). The van der Waals surface area contributed by atoms with E-state index >= 15 is 0 Å². The molecule has 0 spiro atoms. The number of anilines is 2. The van der Waals surface area contributed by atoms with E-state index in [0.717, 1.165) is 74.6 Å². The normalized spacial score (nSPS) is 19.3. The summed E-state index contributed by atoms with van der Waals surface area (Å²) in [5, 5.41) is 19.4. The van der Waals surface area contributed by atoms with Crippen LogP contribution in [0.4, 0.5) is 11.4 Å². The van der Waals surface area contributed by atoms with Gasteiger partial charge in [0.25, 0.3) is 23.6 Å². The number of aromatic amines is 2. The van der Waals surface area contributed by atoms with E-state index in [1.807, 2.05) is 97.1 Å². The molecular weight excluding hydrogens is 1040 g/mol. The maximum atomic E-state index is 13.7. The highest BCUT2D eigenvalue weighted by molar-refractivity contribution is 6.04. The van der Waals surface area contributed by atoms with Crippen molar-refractivity contribution in [3.8, 4) is 58.9 Å². The van der Waals surface area contributed by atoms with E-state index in [0.29, 0.717) is 73.5 Å². The summed E-state index contributed by atoms with van der Waals surface area (Å²) < 4.78 is 12.4. The Balaban J connectivity index is 0.611. The summed E-state index contributed by atoms with van der Waals surface area (Å²) in [6.45, 7) is 13.1. The highest BCUT2D eigenvalue weighted by Gasteiger charge is 2.38. The van der Waals surface area contributed by atoms with Gasteiger partial charge < -0.3 is 29.9 Å². The van der Waals surface area contributed by atoms with Crippen molar-refractivity contribution in [3.63, 3.8) is 0 Å². The third-order valence-electron chi connectivity index (χ3n) is 14.7. The lowest BCUT2D eigenvalue weighted by atomic mass is 10.1. The number of rotatable bonds is 12. The van der Waals surface area contributed by atoms with Crippen LogP contribution in [0.15, 0.2) is 97.1 Å². The lowest BCUT2D eigenvalue weighted by Crippen LogP contribution is -2.53. The molecule has 2 fully saturated rings. The summed E-state index contributed by atoms with van der Waals surface area (Å²) in [5.41, 5.74) is 4.70. The molecule has 6 aromatic rings. The van der Waals surface area contributed by atoms with Crippen LogP contribution in [0.25, 0.3) is 0 Å². The molecule has 82 heavy (non-hydrogen) atoms. The number of fused-ring (bicyclic) bond motifs is 2. The minimum atomic E-state index is -0.968. The molecule has 4 aliphatic rings. The molecule has 0 radical (unpaired) electrons. The molecule has 6 heterocycles. The van der Waals surface area contributed by atoms with Gasteiger partial charge in [0.15, 0.2) is 0 Å². The van der Waals surface area contributed by atoms with E-state index in [1.54, 1.807) is 27.9 Å². The average molecular weight is 1100 g/mol. The summed E-state index contributed by atoms with van der Waals surface area (Å²) in [7, 11) is 3.33. The molecule has 4 atom stereocenters. The van der Waals surface area contributed by atoms with E-state index in [2.05, 4.69) is 108 Å². The van der Waals surface area contributed by atoms with Crippen LogP contribution in [-0.4, -0.2) is 191 Å². The second kappa shape index (κ2) is 26.3. The smallest absolute Gasteiger partial charge is 0.291 e. The summed E-state index contributed by atoms with van der Waals surface area (Å²) in [6, 6.07) is 28.6. The highest BCUT2D eigenvalue weighted by atomic mass is 16.5. The minimum absolute atomic E-state index is 0.0480. The second-order valence-corrected chi connectivity index (χ2v) is 20.6. The van der Waals surface area contributed by atoms with Crippen LogP contribution in [0, 0.1) is 47.4 Å². The van der Waals surface area contributed by atoms with Crippen molar-refractivity contribution in [2.24, 2.45) is 0 Å². The molecule has 0 aliphatic carbocycles. The number of piperazine rings is 2. The maximum absolute atomic E-state index is 13.7. The Labute approximate surface area is 477 Å². The van der Waals surface area contributed by atoms with E-state index in [1.165, 1.54) is 9.80 Å². The monoisotopic (exact) mass is 1100 g/mol. The SMILES string of the molecule is C[C@H]1Oc2ccc(C#CCN3CCN(CC#CC#CCN4CCN(CC#Cc5ccc6c(c5)N(C)C(=O)[C@@H](NC(=O)c5n[nH]c(Cc7ccccc7)n5)[C@@H](C)O6)CC4)CC3)cc2N(C)C(=O)[C@H]1NC(=O)c1n[nH]c(Cc2ccccc2)n1. The second-order valence-electron chi connectivity index (χ2n) is 20.6. The van der Waals surface area contributed by atoms with Gasteiger partial charge in [0, 0.05) is 90.4 Å². The van der Waals surface area contributed by atoms with Crippen molar-refractivity contribution in [2.75, 3.05) is 102 Å². The van der Waals surface area contributed by atoms with Gasteiger partial charge in [0.05, 0.1) is 37.6 Å². The molecule has 2 aromatic heterocycles. The summed E-state index contributed by atoms with van der Waals surface area (Å²) in [5.74, 6) is 25.9. The van der Waals surface area contributed by atoms with Crippen LogP contribution >= 0.6 is 0 Å². The molecule has 4 aliphatic heterocycles. The zero-order chi connectivity index (χ0) is 57.0. The fourth-order valence-corrected chi connectivity index (χ4v) is 9.92. The zero-order valence-corrected chi connectivity index (χ0v) is 46.4. The van der Waals surface area contributed by atoms with Crippen LogP contribution < -0.4 is 29.9 Å². The van der Waals surface area contributed by atoms with Gasteiger partial charge in [-0.05, 0) is 73.2 Å². The predicted molar refractivity (Wildman–Crippen MR) is 309 cm³/mol. The molecule has 4 aromatic carbocycles. The van der Waals surface area contributed by atoms with Gasteiger partial charge in [-0.25, -0.2) is 9.97 Å². The van der Waals surface area contributed by atoms with Gasteiger partial charge in [-0.1, -0.05) is 96.2 Å². The summed E-state index contributed by atoms with van der Waals surface area (Å²) in [6.07, 6.45) is -0.338. The van der Waals surface area contributed by atoms with Crippen molar-refractivity contribution in [1.82, 2.24) is 60.6 Å². The molecule has 418 valence electrons. The van der Waals surface area contributed by atoms with Gasteiger partial charge in [-0.2, -0.15) is 0 Å². The van der Waals surface area contributed by atoms with Crippen molar-refractivity contribution in [1.29, 1.82) is 0 Å². The standard InChI is InChI=1S/C62H64N14O6/c1-43-55(65-59(77)57-63-53(67-69-57)41-45-17-9-7-10-18-45)61(79)71(3)49-39-47(23-25-51(49)81-43)21-15-29-75-35-31-73(32-36-75)27-13-5-6-14-28-74-33-37-76(38-34-74)30-16-22-48-24-26-52-50(40-48)72(4)62(80)56(44(2)82-52)66-60(78)58-64-54(68-70-58)42-46-19-11-8-12-20-46/h7-12,17-20,23-26,39-40,43-44,55-56H,27-38,41-42H2,1-4H3,(H,65,77)(H,66,78)(H,63,67,69)(H,64,68,70)/t43-,44-,55+,56+/m1/s1. The van der Waals surface area contributed by atoms with Gasteiger partial charge in [-0.3, -0.25) is 49.0 Å². The number of hydrogen-bond acceptors (Lipinski definition) is 14. The molecule has 20 nitrogen and oxygen atoms in total. The van der Waals surface area contributed by atoms with E-state index < -0.39 is 36.1 Å². The number of nitrogens with zero attached hydrogens (tertiary/aromatic N) is 10. The first-order chi connectivity index (χ1) is 39.9. The number of benzene rings is 4. The minimum Gasteiger partial charge on any atom is -0.486 e. The van der Waals surface area contributed by atoms with Crippen molar-refractivity contribution in [2.45, 2.75) is 51.0 Å². The molecule has 20 heteroatoms. The third-order valence-corrected chi connectivity index (χ3v) is 14.7. The lowest BCUT2D eigenvalue weighted by molar-refractivity contribution is -0.122. The van der Waals surface area contributed by atoms with Crippen LogP contribution in [0.2, 0.25) is 0 Å². The largest absolute Gasteiger partial charge is 0.486 e. The number of carbonyl (C=O) groups is 4. The van der Waals surface area contributed by atoms with Gasteiger partial charge in [0.1, 0.15) is 47.4 Å². The quantitative estimate of drug-likeness (QED) is 0.130. The molecule has 4 amide bonds. The number of ether oxygens (including phenoxy) is 2. The maximum Gasteiger partial charge on any atom is 0.291 e. The van der Waals surface area contributed by atoms with E-state index in [9.17, 15) is 19.2 Å². The van der Waals surface area contributed by atoms with Crippen LogP contribution in [0.3, 0.4) is 0 Å². The topological polar surface area (TPSA) is 213 Å². The van der Waals surface area contributed by atoms with Crippen LogP contribution in [-0.2, 0) is 22.4 Å². The summed E-state index contributed by atoms with van der Waals surface area (Å²) >= 11 is 0. The summed E-state index contributed by atoms with van der Waals surface area (Å²) in [4.78, 5) is 74.9. The fraction of sp³-hybridized carbons (Fsp3) is 0.355.